The van der Waals surface area contributed by atoms with Crippen molar-refractivity contribution in [2.45, 2.75) is 83.8 Å². The lowest BCUT2D eigenvalue weighted by molar-refractivity contribution is -0.140. The number of rotatable bonds is 5. The van der Waals surface area contributed by atoms with Crippen LogP contribution in [0.5, 0.6) is 5.75 Å². The largest absolute Gasteiger partial charge is 0.491 e. The molecule has 0 unspecified atom stereocenters. The van der Waals surface area contributed by atoms with Gasteiger partial charge in [-0.3, -0.25) is 14.5 Å². The van der Waals surface area contributed by atoms with Gasteiger partial charge in [-0.1, -0.05) is 37.8 Å². The molecule has 0 atom stereocenters. The summed E-state index contributed by atoms with van der Waals surface area (Å²) in [4.78, 5) is 31.0. The molecule has 162 valence electrons. The summed E-state index contributed by atoms with van der Waals surface area (Å²) in [5, 5.41) is 0. The highest BCUT2D eigenvalue weighted by atomic mass is 16.5. The van der Waals surface area contributed by atoms with E-state index in [0.29, 0.717) is 11.3 Å². The van der Waals surface area contributed by atoms with Crippen molar-refractivity contribution in [3.8, 4) is 5.75 Å². The first-order chi connectivity index (χ1) is 14.6. The number of benzene rings is 1. The van der Waals surface area contributed by atoms with Gasteiger partial charge < -0.3 is 9.64 Å². The lowest BCUT2D eigenvalue weighted by Gasteiger charge is -2.31. The summed E-state index contributed by atoms with van der Waals surface area (Å²) >= 11 is 0. The molecule has 0 radical (unpaired) electrons. The number of nitrogens with zero attached hydrogens (tertiary/aromatic N) is 2. The van der Waals surface area contributed by atoms with E-state index in [4.69, 9.17) is 4.74 Å². The van der Waals surface area contributed by atoms with Crippen molar-refractivity contribution >= 4 is 17.4 Å². The standard InChI is InChI=1S/C25H34N2O3/c1-18(2)30-21-14-12-19(13-15-21)22-23(26-16-8-5-9-17-26)25(29)27(24(22)28)20-10-6-3-4-7-11-20/h12-15,18,20H,3-11,16-17H2,1-2H3. The van der Waals surface area contributed by atoms with Gasteiger partial charge in [0.05, 0.1) is 11.7 Å². The molecular formula is C25H34N2O3. The summed E-state index contributed by atoms with van der Waals surface area (Å²) in [7, 11) is 0. The second-order valence-electron chi connectivity index (χ2n) is 9.09. The average Bonchev–Trinajstić information content (AvgIpc) is 2.90. The highest BCUT2D eigenvalue weighted by Gasteiger charge is 2.44. The number of hydrogen-bond acceptors (Lipinski definition) is 4. The maximum atomic E-state index is 13.6. The van der Waals surface area contributed by atoms with Gasteiger partial charge >= 0.3 is 0 Å². The summed E-state index contributed by atoms with van der Waals surface area (Å²) in [6.45, 7) is 5.69. The fourth-order valence-electron chi connectivity index (χ4n) is 5.03. The summed E-state index contributed by atoms with van der Waals surface area (Å²) in [6, 6.07) is 7.70. The second kappa shape index (κ2) is 9.23. The van der Waals surface area contributed by atoms with E-state index in [-0.39, 0.29) is 24.0 Å². The Balaban J connectivity index is 1.69. The molecule has 30 heavy (non-hydrogen) atoms. The number of piperidine rings is 1. The van der Waals surface area contributed by atoms with Crippen LogP contribution in [0.2, 0.25) is 0 Å². The van der Waals surface area contributed by atoms with Gasteiger partial charge in [-0.15, -0.1) is 0 Å². The molecule has 5 heteroatoms. The van der Waals surface area contributed by atoms with Gasteiger partial charge in [0, 0.05) is 19.1 Å². The molecule has 0 aromatic heterocycles. The number of hydrogen-bond donors (Lipinski definition) is 0. The molecule has 5 nitrogen and oxygen atoms in total. The predicted octanol–water partition coefficient (Wildman–Crippen LogP) is 4.76. The lowest BCUT2D eigenvalue weighted by atomic mass is 10.0. The minimum Gasteiger partial charge on any atom is -0.491 e. The summed E-state index contributed by atoms with van der Waals surface area (Å²) in [5.41, 5.74) is 2.03. The first kappa shape index (κ1) is 21.0. The molecule has 2 fully saturated rings. The molecule has 3 aliphatic rings. The molecule has 2 amide bonds. The molecule has 0 spiro atoms. The third-order valence-corrected chi connectivity index (χ3v) is 6.47. The molecule has 1 saturated carbocycles. The van der Waals surface area contributed by atoms with E-state index >= 15 is 0 Å². The Kier molecular flexibility index (Phi) is 6.45. The minimum absolute atomic E-state index is 0.0355. The van der Waals surface area contributed by atoms with Crippen molar-refractivity contribution in [1.82, 2.24) is 9.80 Å². The maximum Gasteiger partial charge on any atom is 0.278 e. The monoisotopic (exact) mass is 410 g/mol. The average molecular weight is 411 g/mol. The molecule has 2 heterocycles. The molecule has 2 aliphatic heterocycles. The number of likely N-dealkylation sites (tertiary alicyclic amines) is 1. The number of carbonyl (C=O) groups excluding carboxylic acids is 2. The first-order valence-corrected chi connectivity index (χ1v) is 11.7. The van der Waals surface area contributed by atoms with Gasteiger partial charge in [-0.2, -0.15) is 0 Å². The van der Waals surface area contributed by atoms with Crippen molar-refractivity contribution < 1.29 is 14.3 Å². The zero-order valence-electron chi connectivity index (χ0n) is 18.4. The summed E-state index contributed by atoms with van der Waals surface area (Å²) in [6.07, 6.45) is 9.87. The quantitative estimate of drug-likeness (QED) is 0.519. The third-order valence-electron chi connectivity index (χ3n) is 6.47. The minimum atomic E-state index is -0.106. The van der Waals surface area contributed by atoms with E-state index in [1.165, 1.54) is 19.3 Å². The topological polar surface area (TPSA) is 49.9 Å². The molecule has 1 aromatic rings. The molecule has 0 N–H and O–H groups in total. The predicted molar refractivity (Wildman–Crippen MR) is 118 cm³/mol. The molecule has 1 aromatic carbocycles. The van der Waals surface area contributed by atoms with Crippen LogP contribution >= 0.6 is 0 Å². The Bertz CT molecular complexity index is 798. The Morgan fingerprint density at radius 1 is 0.833 bits per heavy atom. The van der Waals surface area contributed by atoms with Crippen molar-refractivity contribution in [2.24, 2.45) is 0 Å². The summed E-state index contributed by atoms with van der Waals surface area (Å²) in [5.74, 6) is 0.600. The normalized spacial score (nSPS) is 21.6. The van der Waals surface area contributed by atoms with Crippen LogP contribution in [0.1, 0.15) is 77.2 Å². The highest BCUT2D eigenvalue weighted by molar-refractivity contribution is 6.35. The van der Waals surface area contributed by atoms with Crippen molar-refractivity contribution in [2.75, 3.05) is 13.1 Å². The Hall–Kier alpha value is -2.30. The molecule has 0 bridgehead atoms. The summed E-state index contributed by atoms with van der Waals surface area (Å²) < 4.78 is 5.76. The van der Waals surface area contributed by atoms with E-state index in [2.05, 4.69) is 4.90 Å². The maximum absolute atomic E-state index is 13.6. The fourth-order valence-corrected chi connectivity index (χ4v) is 5.03. The number of ether oxygens (including phenoxy) is 1. The van der Waals surface area contributed by atoms with Crippen LogP contribution in [0.4, 0.5) is 0 Å². The van der Waals surface area contributed by atoms with Crippen molar-refractivity contribution in [3.63, 3.8) is 0 Å². The number of amides is 2. The van der Waals surface area contributed by atoms with Gasteiger partial charge in [0.25, 0.3) is 11.8 Å². The van der Waals surface area contributed by atoms with Gasteiger partial charge in [-0.05, 0) is 63.6 Å². The third kappa shape index (κ3) is 4.26. The van der Waals surface area contributed by atoms with Crippen LogP contribution in [-0.4, -0.2) is 46.8 Å². The molecule has 4 rings (SSSR count). The van der Waals surface area contributed by atoms with Gasteiger partial charge in [0.15, 0.2) is 0 Å². The molecule has 1 saturated heterocycles. The Morgan fingerprint density at radius 2 is 1.43 bits per heavy atom. The first-order valence-electron chi connectivity index (χ1n) is 11.7. The van der Waals surface area contributed by atoms with Crippen LogP contribution in [0, 0.1) is 0 Å². The second-order valence-corrected chi connectivity index (χ2v) is 9.09. The lowest BCUT2D eigenvalue weighted by Crippen LogP contribution is -2.43. The number of carbonyl (C=O) groups is 2. The van der Waals surface area contributed by atoms with E-state index in [0.717, 1.165) is 62.9 Å². The zero-order chi connectivity index (χ0) is 21.1. The van der Waals surface area contributed by atoms with E-state index < -0.39 is 0 Å². The van der Waals surface area contributed by atoms with Gasteiger partial charge in [-0.25, -0.2) is 0 Å². The molecular weight excluding hydrogens is 376 g/mol. The van der Waals surface area contributed by atoms with Crippen molar-refractivity contribution in [1.29, 1.82) is 0 Å². The highest BCUT2D eigenvalue weighted by Crippen LogP contribution is 2.37. The smallest absolute Gasteiger partial charge is 0.278 e. The number of imide groups is 1. The zero-order valence-corrected chi connectivity index (χ0v) is 18.4. The molecule has 1 aliphatic carbocycles. The van der Waals surface area contributed by atoms with Gasteiger partial charge in [0.1, 0.15) is 11.4 Å². The fraction of sp³-hybridized carbons (Fsp3) is 0.600. The van der Waals surface area contributed by atoms with Gasteiger partial charge in [0.2, 0.25) is 0 Å². The van der Waals surface area contributed by atoms with Crippen LogP contribution in [-0.2, 0) is 9.59 Å². The van der Waals surface area contributed by atoms with Crippen LogP contribution < -0.4 is 4.74 Å². The Morgan fingerprint density at radius 3 is 2.03 bits per heavy atom. The van der Waals surface area contributed by atoms with E-state index in [1.807, 2.05) is 38.1 Å². The van der Waals surface area contributed by atoms with Crippen molar-refractivity contribution in [3.05, 3.63) is 35.5 Å². The van der Waals surface area contributed by atoms with Crippen LogP contribution in [0.15, 0.2) is 30.0 Å². The van der Waals surface area contributed by atoms with Crippen LogP contribution in [0.3, 0.4) is 0 Å². The van der Waals surface area contributed by atoms with Crippen LogP contribution in [0.25, 0.3) is 5.57 Å². The SMILES string of the molecule is CC(C)Oc1ccc(C2=C(N3CCCCC3)C(=O)N(C3CCCCCC3)C2=O)cc1. The van der Waals surface area contributed by atoms with E-state index in [9.17, 15) is 9.59 Å². The Labute approximate surface area is 180 Å². The van der Waals surface area contributed by atoms with E-state index in [1.54, 1.807) is 4.90 Å².